The minimum Gasteiger partial charge on any atom is -0.489 e. The first kappa shape index (κ1) is 49.8. The molecule has 0 amide bonds. The molecule has 0 bridgehead atoms. The number of nitrogens with zero attached hydrogens (tertiary/aromatic N) is 2. The Morgan fingerprint density at radius 2 is 1.02 bits per heavy atom. The molecule has 4 rings (SSSR count). The molecule has 0 saturated carbocycles. The van der Waals surface area contributed by atoms with E-state index >= 15 is 0 Å². The Labute approximate surface area is 355 Å². The molecule has 0 heterocycles. The van der Waals surface area contributed by atoms with E-state index in [-0.39, 0.29) is 19.4 Å². The molecule has 9 heteroatoms. The Balaban J connectivity index is 0.000000401. The van der Waals surface area contributed by atoms with Crippen molar-refractivity contribution in [2.24, 2.45) is 0 Å². The van der Waals surface area contributed by atoms with Gasteiger partial charge in [0.05, 0.1) is 18.8 Å². The molecular formula is C50H70N2O7. The van der Waals surface area contributed by atoms with E-state index in [1.165, 1.54) is 45.2 Å². The van der Waals surface area contributed by atoms with E-state index in [9.17, 15) is 14.4 Å². The normalized spacial score (nSPS) is 10.3. The molecule has 0 aliphatic carbocycles. The first-order valence-corrected chi connectivity index (χ1v) is 21.1. The van der Waals surface area contributed by atoms with Crippen molar-refractivity contribution in [3.8, 4) is 11.5 Å². The van der Waals surface area contributed by atoms with Crippen LogP contribution in [0.4, 0.5) is 11.4 Å². The number of hydrogen-bond acceptors (Lipinski definition) is 9. The van der Waals surface area contributed by atoms with Gasteiger partial charge in [-0.2, -0.15) is 0 Å². The van der Waals surface area contributed by atoms with Gasteiger partial charge in [0, 0.05) is 63.5 Å². The monoisotopic (exact) mass is 811 g/mol. The summed E-state index contributed by atoms with van der Waals surface area (Å²) in [5.74, 6) is 1.05. The Morgan fingerprint density at radius 3 is 1.49 bits per heavy atom. The molecule has 0 fully saturated rings. The molecule has 0 N–H and O–H groups in total. The van der Waals surface area contributed by atoms with Gasteiger partial charge in [0.25, 0.3) is 0 Å². The zero-order valence-electron chi connectivity index (χ0n) is 35.4. The summed E-state index contributed by atoms with van der Waals surface area (Å²) in [4.78, 5) is 38.1. The van der Waals surface area contributed by atoms with Crippen molar-refractivity contribution in [2.75, 3.05) is 49.2 Å². The molecule has 0 saturated heterocycles. The second-order valence-electron chi connectivity index (χ2n) is 14.4. The zero-order valence-corrected chi connectivity index (χ0v) is 35.4. The van der Waals surface area contributed by atoms with E-state index in [2.05, 4.69) is 54.0 Å². The summed E-state index contributed by atoms with van der Waals surface area (Å²) < 4.78 is 22.1. The smallest absolute Gasteiger partial charge is 0.302 e. The quantitative estimate of drug-likeness (QED) is 0.0331. The van der Waals surface area contributed by atoms with E-state index in [0.717, 1.165) is 93.6 Å². The summed E-state index contributed by atoms with van der Waals surface area (Å²) in [6, 6.07) is 34.3. The van der Waals surface area contributed by atoms with Crippen LogP contribution in [0.5, 0.6) is 11.5 Å². The van der Waals surface area contributed by atoms with Gasteiger partial charge in [-0.15, -0.1) is 0 Å². The summed E-state index contributed by atoms with van der Waals surface area (Å²) in [5, 5.41) is 0. The molecule has 0 aromatic heterocycles. The number of carbonyl (C=O) groups is 3. The first-order chi connectivity index (χ1) is 28.3. The van der Waals surface area contributed by atoms with Gasteiger partial charge >= 0.3 is 11.9 Å². The molecule has 322 valence electrons. The van der Waals surface area contributed by atoms with Gasteiger partial charge in [-0.05, 0) is 73.9 Å². The maximum absolute atomic E-state index is 11.5. The van der Waals surface area contributed by atoms with Gasteiger partial charge in [-0.1, -0.05) is 114 Å². The predicted octanol–water partition coefficient (Wildman–Crippen LogP) is 11.7. The van der Waals surface area contributed by atoms with E-state index in [1.807, 2.05) is 72.8 Å². The Bertz CT molecular complexity index is 1720. The SMILES string of the molecule is C.CCCCCN(CCCCOC(C)=O)c1ccc(C=O)c(OCc2ccccc2)c1.CCCCCN(CCCCOC(C)=O)c1cccc(OCc2ccccc2)c1. The average Bonchev–Trinajstić information content (AvgIpc) is 3.24. The van der Waals surface area contributed by atoms with Crippen LogP contribution in [-0.2, 0) is 32.3 Å². The molecule has 0 aliphatic heterocycles. The Morgan fingerprint density at radius 1 is 0.542 bits per heavy atom. The Kier molecular flexibility index (Phi) is 26.0. The fourth-order valence-corrected chi connectivity index (χ4v) is 6.27. The predicted molar refractivity (Wildman–Crippen MR) is 242 cm³/mol. The third kappa shape index (κ3) is 21.3. The van der Waals surface area contributed by atoms with E-state index in [1.54, 1.807) is 0 Å². The molecule has 59 heavy (non-hydrogen) atoms. The lowest BCUT2D eigenvalue weighted by atomic mass is 10.1. The lowest BCUT2D eigenvalue weighted by Crippen LogP contribution is -2.26. The highest BCUT2D eigenvalue weighted by atomic mass is 16.5. The maximum Gasteiger partial charge on any atom is 0.302 e. The third-order valence-electron chi connectivity index (χ3n) is 9.48. The molecule has 0 spiro atoms. The summed E-state index contributed by atoms with van der Waals surface area (Å²) in [6.45, 7) is 13.0. The van der Waals surface area contributed by atoms with E-state index in [4.69, 9.17) is 18.9 Å². The largest absolute Gasteiger partial charge is 0.489 e. The van der Waals surface area contributed by atoms with Crippen molar-refractivity contribution in [2.45, 2.75) is 113 Å². The van der Waals surface area contributed by atoms with Crippen LogP contribution < -0.4 is 19.3 Å². The fraction of sp³-hybridized carbons (Fsp3) is 0.460. The zero-order chi connectivity index (χ0) is 41.6. The lowest BCUT2D eigenvalue weighted by molar-refractivity contribution is -0.142. The molecule has 0 aliphatic rings. The number of ether oxygens (including phenoxy) is 4. The molecular weight excluding hydrogens is 741 g/mol. The second-order valence-corrected chi connectivity index (χ2v) is 14.4. The fourth-order valence-electron chi connectivity index (χ4n) is 6.27. The molecule has 0 unspecified atom stereocenters. The third-order valence-corrected chi connectivity index (χ3v) is 9.48. The number of unbranched alkanes of at least 4 members (excludes halogenated alkanes) is 6. The van der Waals surface area contributed by atoms with E-state index < -0.39 is 0 Å². The maximum atomic E-state index is 11.5. The van der Waals surface area contributed by atoms with Crippen molar-refractivity contribution < 1.29 is 33.3 Å². The average molecular weight is 811 g/mol. The molecule has 9 nitrogen and oxygen atoms in total. The summed E-state index contributed by atoms with van der Waals surface area (Å²) >= 11 is 0. The van der Waals surface area contributed by atoms with Crippen LogP contribution in [0.2, 0.25) is 0 Å². The van der Waals surface area contributed by atoms with Gasteiger partial charge in [0.2, 0.25) is 0 Å². The van der Waals surface area contributed by atoms with Crippen molar-refractivity contribution in [3.63, 3.8) is 0 Å². The van der Waals surface area contributed by atoms with Crippen LogP contribution >= 0.6 is 0 Å². The van der Waals surface area contributed by atoms with Crippen LogP contribution in [0, 0.1) is 0 Å². The van der Waals surface area contributed by atoms with Gasteiger partial charge < -0.3 is 28.7 Å². The highest BCUT2D eigenvalue weighted by molar-refractivity contribution is 5.81. The number of rotatable bonds is 27. The van der Waals surface area contributed by atoms with Gasteiger partial charge in [-0.3, -0.25) is 14.4 Å². The second kappa shape index (κ2) is 30.7. The van der Waals surface area contributed by atoms with Crippen molar-refractivity contribution in [1.29, 1.82) is 0 Å². The number of carbonyl (C=O) groups excluding carboxylic acids is 3. The first-order valence-electron chi connectivity index (χ1n) is 21.1. The number of aldehydes is 1. The minimum absolute atomic E-state index is 0. The van der Waals surface area contributed by atoms with Crippen molar-refractivity contribution in [3.05, 3.63) is 120 Å². The lowest BCUT2D eigenvalue weighted by Gasteiger charge is -2.26. The number of anilines is 2. The number of esters is 2. The number of benzene rings is 4. The summed E-state index contributed by atoms with van der Waals surface area (Å²) in [6.07, 6.45) is 11.5. The van der Waals surface area contributed by atoms with Crippen molar-refractivity contribution in [1.82, 2.24) is 0 Å². The summed E-state index contributed by atoms with van der Waals surface area (Å²) in [7, 11) is 0. The highest BCUT2D eigenvalue weighted by Gasteiger charge is 2.12. The minimum atomic E-state index is -0.237. The van der Waals surface area contributed by atoms with E-state index in [0.29, 0.717) is 37.7 Å². The number of hydrogen-bond donors (Lipinski definition) is 0. The van der Waals surface area contributed by atoms with Crippen LogP contribution in [-0.4, -0.2) is 57.6 Å². The standard InChI is InChI=1S/C25H33NO4.C24H33NO3.CH4/c1-3-4-8-15-26(16-9-10-17-29-21(2)28)24-14-13-23(19-27)25(18-24)30-20-22-11-6-5-7-12-22;1-3-4-8-16-25(17-9-10-18-27-21(2)26)23-14-11-15-24(19-23)28-20-22-12-6-5-7-13-22;/h5-7,11-14,18-19H,3-4,8-10,15-17,20H2,1-2H3;5-7,11-15,19H,3-4,8-10,16-18,20H2,1-2H3;1H4. The molecule has 0 radical (unpaired) electrons. The molecule has 0 atom stereocenters. The van der Waals surface area contributed by atoms with Gasteiger partial charge in [0.15, 0.2) is 6.29 Å². The van der Waals surface area contributed by atoms with Gasteiger partial charge in [-0.25, -0.2) is 0 Å². The van der Waals surface area contributed by atoms with Crippen LogP contribution in [0.15, 0.2) is 103 Å². The Hall–Kier alpha value is -5.31. The van der Waals surface area contributed by atoms with Crippen molar-refractivity contribution >= 4 is 29.6 Å². The topological polar surface area (TPSA) is 94.6 Å². The molecule has 4 aromatic rings. The molecule has 4 aromatic carbocycles. The van der Waals surface area contributed by atoms with Crippen LogP contribution in [0.1, 0.15) is 121 Å². The van der Waals surface area contributed by atoms with Crippen LogP contribution in [0.25, 0.3) is 0 Å². The van der Waals surface area contributed by atoms with Crippen LogP contribution in [0.3, 0.4) is 0 Å². The van der Waals surface area contributed by atoms with Gasteiger partial charge in [0.1, 0.15) is 24.7 Å². The highest BCUT2D eigenvalue weighted by Crippen LogP contribution is 2.27. The summed E-state index contributed by atoms with van der Waals surface area (Å²) in [5.41, 5.74) is 5.02.